The second kappa shape index (κ2) is 5.55. The second-order valence-corrected chi connectivity index (χ2v) is 5.38. The van der Waals surface area contributed by atoms with Crippen molar-refractivity contribution in [1.82, 2.24) is 0 Å². The van der Waals surface area contributed by atoms with E-state index in [-0.39, 0.29) is 22.5 Å². The fourth-order valence-electron chi connectivity index (χ4n) is 2.83. The van der Waals surface area contributed by atoms with Crippen molar-refractivity contribution in [3.8, 4) is 0 Å². The van der Waals surface area contributed by atoms with Crippen LogP contribution in [-0.2, 0) is 11.2 Å². The Kier molecular flexibility index (Phi) is 4.25. The van der Waals surface area contributed by atoms with Gasteiger partial charge < -0.3 is 10.5 Å². The number of nitrogens with two attached hydrogens (primary N) is 1. The highest BCUT2D eigenvalue weighted by Gasteiger charge is 2.39. The molecule has 18 heavy (non-hydrogen) atoms. The van der Waals surface area contributed by atoms with E-state index < -0.39 is 0 Å². The lowest BCUT2D eigenvalue weighted by atomic mass is 9.88. The number of ether oxygens (including phenoxy) is 1. The van der Waals surface area contributed by atoms with Gasteiger partial charge in [-0.25, -0.2) is 4.39 Å². The van der Waals surface area contributed by atoms with E-state index in [1.807, 2.05) is 6.07 Å². The van der Waals surface area contributed by atoms with Gasteiger partial charge in [0, 0.05) is 13.2 Å². The minimum absolute atomic E-state index is 0.149. The van der Waals surface area contributed by atoms with Gasteiger partial charge in [0.2, 0.25) is 0 Å². The molecule has 1 aromatic rings. The quantitative estimate of drug-likeness (QED) is 0.912. The highest BCUT2D eigenvalue weighted by Crippen LogP contribution is 2.36. The maximum absolute atomic E-state index is 13.4. The summed E-state index contributed by atoms with van der Waals surface area (Å²) in [5.41, 5.74) is 6.76. The molecule has 1 unspecified atom stereocenters. The molecule has 2 nitrogen and oxygen atoms in total. The van der Waals surface area contributed by atoms with Crippen LogP contribution in [0, 0.1) is 5.82 Å². The van der Waals surface area contributed by atoms with E-state index in [9.17, 15) is 4.39 Å². The summed E-state index contributed by atoms with van der Waals surface area (Å²) in [6, 6.07) is 4.70. The number of halogens is 2. The molecule has 4 heteroatoms. The molecular formula is C14H19ClFNO. The van der Waals surface area contributed by atoms with Gasteiger partial charge in [-0.05, 0) is 30.9 Å². The molecule has 2 N–H and O–H groups in total. The van der Waals surface area contributed by atoms with E-state index in [1.54, 1.807) is 13.2 Å². The molecule has 1 aliphatic carbocycles. The molecule has 2 rings (SSSR count). The van der Waals surface area contributed by atoms with Gasteiger partial charge in [-0.3, -0.25) is 0 Å². The fraction of sp³-hybridized carbons (Fsp3) is 0.571. The number of hydrogen-bond donors (Lipinski definition) is 1. The highest BCUT2D eigenvalue weighted by molar-refractivity contribution is 6.31. The Labute approximate surface area is 112 Å². The lowest BCUT2D eigenvalue weighted by molar-refractivity contribution is -0.0253. The number of methoxy groups -OCH3 is 1. The zero-order chi connectivity index (χ0) is 13.2. The van der Waals surface area contributed by atoms with Gasteiger partial charge in [-0.2, -0.15) is 0 Å². The van der Waals surface area contributed by atoms with Crippen molar-refractivity contribution >= 4 is 11.6 Å². The molecule has 1 fully saturated rings. The zero-order valence-corrected chi connectivity index (χ0v) is 11.3. The topological polar surface area (TPSA) is 35.2 Å². The molecule has 0 heterocycles. The Morgan fingerprint density at radius 1 is 1.44 bits per heavy atom. The Morgan fingerprint density at radius 2 is 2.11 bits per heavy atom. The molecule has 1 aromatic carbocycles. The molecule has 0 radical (unpaired) electrons. The minimum Gasteiger partial charge on any atom is -0.377 e. The Bertz CT molecular complexity index is 418. The van der Waals surface area contributed by atoms with Gasteiger partial charge in [-0.15, -0.1) is 0 Å². The SMILES string of the molecule is COC1(C(N)Cc2cccc(F)c2Cl)CCCC1. The van der Waals surface area contributed by atoms with Crippen LogP contribution in [0.25, 0.3) is 0 Å². The molecule has 0 aromatic heterocycles. The zero-order valence-electron chi connectivity index (χ0n) is 10.6. The molecule has 1 saturated carbocycles. The number of rotatable bonds is 4. The summed E-state index contributed by atoms with van der Waals surface area (Å²) >= 11 is 5.96. The molecule has 0 saturated heterocycles. The van der Waals surface area contributed by atoms with Crippen molar-refractivity contribution in [2.75, 3.05) is 7.11 Å². The van der Waals surface area contributed by atoms with E-state index in [1.165, 1.54) is 6.07 Å². The third-order valence-corrected chi connectivity index (χ3v) is 4.43. The monoisotopic (exact) mass is 271 g/mol. The summed E-state index contributed by atoms with van der Waals surface area (Å²) in [4.78, 5) is 0. The van der Waals surface area contributed by atoms with E-state index in [0.29, 0.717) is 6.42 Å². The van der Waals surface area contributed by atoms with Crippen molar-refractivity contribution in [2.45, 2.75) is 43.7 Å². The first kappa shape index (κ1) is 13.8. The third-order valence-electron chi connectivity index (χ3n) is 4.00. The normalized spacial score (nSPS) is 20.0. The molecule has 1 atom stereocenters. The second-order valence-electron chi connectivity index (χ2n) is 5.00. The van der Waals surface area contributed by atoms with Gasteiger partial charge >= 0.3 is 0 Å². The van der Waals surface area contributed by atoms with Gasteiger partial charge in [0.25, 0.3) is 0 Å². The van der Waals surface area contributed by atoms with Gasteiger partial charge in [0.05, 0.1) is 10.6 Å². The van der Waals surface area contributed by atoms with Crippen molar-refractivity contribution in [3.05, 3.63) is 34.6 Å². The molecule has 100 valence electrons. The number of benzene rings is 1. The maximum Gasteiger partial charge on any atom is 0.142 e. The molecule has 0 bridgehead atoms. The van der Waals surface area contributed by atoms with Crippen LogP contribution in [0.3, 0.4) is 0 Å². The summed E-state index contributed by atoms with van der Waals surface area (Å²) in [6.07, 6.45) is 4.76. The third kappa shape index (κ3) is 2.53. The summed E-state index contributed by atoms with van der Waals surface area (Å²) in [7, 11) is 1.71. The summed E-state index contributed by atoms with van der Waals surface area (Å²) in [5.74, 6) is -0.390. The first-order valence-electron chi connectivity index (χ1n) is 6.33. The molecular weight excluding hydrogens is 253 g/mol. The number of hydrogen-bond acceptors (Lipinski definition) is 2. The van der Waals surface area contributed by atoms with Crippen LogP contribution in [0.1, 0.15) is 31.2 Å². The Morgan fingerprint density at radius 3 is 2.72 bits per heavy atom. The average Bonchev–Trinajstić information content (AvgIpc) is 2.85. The van der Waals surface area contributed by atoms with Crippen LogP contribution in [0.2, 0.25) is 5.02 Å². The van der Waals surface area contributed by atoms with E-state index >= 15 is 0 Å². The summed E-state index contributed by atoms with van der Waals surface area (Å²) < 4.78 is 19.0. The van der Waals surface area contributed by atoms with Crippen molar-refractivity contribution in [2.24, 2.45) is 5.73 Å². The van der Waals surface area contributed by atoms with Crippen molar-refractivity contribution < 1.29 is 9.13 Å². The van der Waals surface area contributed by atoms with Crippen LogP contribution in [0.15, 0.2) is 18.2 Å². The van der Waals surface area contributed by atoms with Crippen molar-refractivity contribution in [1.29, 1.82) is 0 Å². The molecule has 0 aliphatic heterocycles. The Balaban J connectivity index is 2.15. The first-order valence-corrected chi connectivity index (χ1v) is 6.70. The Hall–Kier alpha value is -0.640. The first-order chi connectivity index (χ1) is 8.59. The smallest absolute Gasteiger partial charge is 0.142 e. The molecule has 0 spiro atoms. The van der Waals surface area contributed by atoms with Crippen LogP contribution in [0.4, 0.5) is 4.39 Å². The lowest BCUT2D eigenvalue weighted by Gasteiger charge is -2.34. The molecule has 0 amide bonds. The van der Waals surface area contributed by atoms with E-state index in [4.69, 9.17) is 22.1 Å². The van der Waals surface area contributed by atoms with Crippen LogP contribution < -0.4 is 5.73 Å². The van der Waals surface area contributed by atoms with Crippen LogP contribution >= 0.6 is 11.6 Å². The van der Waals surface area contributed by atoms with E-state index in [0.717, 1.165) is 31.2 Å². The van der Waals surface area contributed by atoms with Crippen molar-refractivity contribution in [3.63, 3.8) is 0 Å². The van der Waals surface area contributed by atoms with Crippen LogP contribution in [-0.4, -0.2) is 18.8 Å². The predicted molar refractivity (Wildman–Crippen MR) is 71.3 cm³/mol. The minimum atomic E-state index is -0.390. The van der Waals surface area contributed by atoms with Crippen LogP contribution in [0.5, 0.6) is 0 Å². The largest absolute Gasteiger partial charge is 0.377 e. The standard InChI is InChI=1S/C14H19ClFNO/c1-18-14(7-2-3-8-14)12(17)9-10-5-4-6-11(16)13(10)15/h4-6,12H,2-3,7-9,17H2,1H3. The summed E-state index contributed by atoms with van der Waals surface area (Å²) in [5, 5.41) is 0.178. The van der Waals surface area contributed by atoms with E-state index in [2.05, 4.69) is 0 Å². The predicted octanol–water partition coefficient (Wildman–Crippen LogP) is 3.31. The summed E-state index contributed by atoms with van der Waals surface area (Å²) in [6.45, 7) is 0. The molecule has 1 aliphatic rings. The average molecular weight is 272 g/mol. The van der Waals surface area contributed by atoms with Gasteiger partial charge in [0.15, 0.2) is 0 Å². The van der Waals surface area contributed by atoms with Gasteiger partial charge in [-0.1, -0.05) is 36.6 Å². The highest BCUT2D eigenvalue weighted by atomic mass is 35.5. The lowest BCUT2D eigenvalue weighted by Crippen LogP contribution is -2.48. The van der Waals surface area contributed by atoms with Gasteiger partial charge in [0.1, 0.15) is 5.82 Å². The fourth-order valence-corrected chi connectivity index (χ4v) is 3.03. The maximum atomic E-state index is 13.4.